The van der Waals surface area contributed by atoms with Crippen molar-refractivity contribution in [3.05, 3.63) is 42.5 Å². The molecule has 114 valence electrons. The fraction of sp³-hybridized carbons (Fsp3) is 0.333. The van der Waals surface area contributed by atoms with Gasteiger partial charge in [-0.25, -0.2) is 4.79 Å². The van der Waals surface area contributed by atoms with Gasteiger partial charge >= 0.3 is 6.09 Å². The Labute approximate surface area is 124 Å². The smallest absolute Gasteiger partial charge is 0.413 e. The molecule has 0 bridgehead atoms. The van der Waals surface area contributed by atoms with Gasteiger partial charge in [0.25, 0.3) is 5.91 Å². The normalized spacial score (nSPS) is 11.3. The lowest BCUT2D eigenvalue weighted by Gasteiger charge is -2.13. The summed E-state index contributed by atoms with van der Waals surface area (Å²) in [4.78, 5) is 23.4. The van der Waals surface area contributed by atoms with Crippen LogP contribution < -0.4 is 15.0 Å². The first-order chi connectivity index (χ1) is 10.0. The van der Waals surface area contributed by atoms with Crippen molar-refractivity contribution in [2.45, 2.75) is 6.54 Å². The number of ether oxygens (including phenoxy) is 2. The van der Waals surface area contributed by atoms with E-state index in [9.17, 15) is 9.59 Å². The van der Waals surface area contributed by atoms with Gasteiger partial charge in [0.05, 0.1) is 14.2 Å². The van der Waals surface area contributed by atoms with Crippen LogP contribution in [0.25, 0.3) is 0 Å². The predicted octanol–water partition coefficient (Wildman–Crippen LogP) is 0.149. The Hall–Kier alpha value is -2.34. The molecule has 0 aliphatic heterocycles. The molecule has 1 aromatic carbocycles. The monoisotopic (exact) mass is 293 g/mol. The highest BCUT2D eigenvalue weighted by atomic mass is 16.5. The van der Waals surface area contributed by atoms with Gasteiger partial charge in [0.15, 0.2) is 6.54 Å². The highest BCUT2D eigenvalue weighted by molar-refractivity contribution is 5.92. The van der Waals surface area contributed by atoms with Crippen LogP contribution in [0.5, 0.6) is 5.75 Å². The van der Waals surface area contributed by atoms with Gasteiger partial charge < -0.3 is 14.4 Å². The zero-order valence-electron chi connectivity index (χ0n) is 12.3. The van der Waals surface area contributed by atoms with E-state index in [1.807, 2.05) is 31.3 Å². The number of likely N-dealkylation sites (N-methyl/N-ethyl adjacent to an activating group) is 1. The number of hydrogen-bond donors (Lipinski definition) is 2. The Kier molecular flexibility index (Phi) is 6.97. The Balaban J connectivity index is 2.43. The molecule has 0 saturated heterocycles. The molecule has 0 heterocycles. The number of carbonyl (C=O) groups is 2. The minimum absolute atomic E-state index is 0.184. The Morgan fingerprint density at radius 3 is 2.57 bits per heavy atom. The Morgan fingerprint density at radius 1 is 1.33 bits per heavy atom. The summed E-state index contributed by atoms with van der Waals surface area (Å²) in [5.74, 6) is 0.407. The van der Waals surface area contributed by atoms with E-state index in [-0.39, 0.29) is 12.5 Å². The van der Waals surface area contributed by atoms with Gasteiger partial charge in [-0.05, 0) is 24.3 Å². The molecular weight excluding hydrogens is 272 g/mol. The van der Waals surface area contributed by atoms with Crippen molar-refractivity contribution in [3.8, 4) is 5.75 Å². The van der Waals surface area contributed by atoms with E-state index in [1.165, 1.54) is 7.11 Å². The maximum atomic E-state index is 11.5. The molecule has 0 spiro atoms. The molecule has 0 aliphatic carbocycles. The highest BCUT2D eigenvalue weighted by Crippen LogP contribution is 2.11. The largest absolute Gasteiger partial charge is 0.490 e. The summed E-state index contributed by atoms with van der Waals surface area (Å²) in [5, 5.41) is 2.13. The molecule has 1 unspecified atom stereocenters. The number of methoxy groups -OCH3 is 1. The highest BCUT2D eigenvalue weighted by Gasteiger charge is 2.13. The van der Waals surface area contributed by atoms with Crippen molar-refractivity contribution < 1.29 is 24.0 Å². The summed E-state index contributed by atoms with van der Waals surface area (Å²) in [6, 6.07) is 7.64. The van der Waals surface area contributed by atoms with Crippen molar-refractivity contribution >= 4 is 12.0 Å². The van der Waals surface area contributed by atoms with Gasteiger partial charge in [-0.1, -0.05) is 12.7 Å². The maximum Gasteiger partial charge on any atom is 0.413 e. The third-order valence-electron chi connectivity index (χ3n) is 2.69. The van der Waals surface area contributed by atoms with Crippen molar-refractivity contribution in [1.82, 2.24) is 5.32 Å². The number of benzene rings is 1. The molecule has 1 aromatic rings. The average Bonchev–Trinajstić information content (AvgIpc) is 2.46. The standard InChI is InChI=1S/C15H20N2O4/c1-4-9-21-13-7-5-12(6-8-13)10-17(2)11-14(18)16-15(19)20-3/h4-8H,1,9-11H2,2-3H3,(H,16,18,19)/p+1. The fourth-order valence-corrected chi connectivity index (χ4v) is 1.75. The van der Waals surface area contributed by atoms with E-state index in [4.69, 9.17) is 4.74 Å². The summed E-state index contributed by atoms with van der Waals surface area (Å²) in [7, 11) is 3.09. The number of alkyl carbamates (subject to hydrolysis) is 1. The van der Waals surface area contributed by atoms with E-state index in [1.54, 1.807) is 6.08 Å². The molecule has 2 amide bonds. The molecule has 0 aromatic heterocycles. The van der Waals surface area contributed by atoms with Crippen LogP contribution >= 0.6 is 0 Å². The lowest BCUT2D eigenvalue weighted by atomic mass is 10.2. The second-order valence-electron chi connectivity index (χ2n) is 4.59. The van der Waals surface area contributed by atoms with E-state index >= 15 is 0 Å². The molecule has 0 radical (unpaired) electrons. The second kappa shape index (κ2) is 8.76. The zero-order valence-corrected chi connectivity index (χ0v) is 12.3. The van der Waals surface area contributed by atoms with Gasteiger partial charge in [-0.3, -0.25) is 10.1 Å². The molecule has 6 nitrogen and oxygen atoms in total. The molecule has 6 heteroatoms. The van der Waals surface area contributed by atoms with Crippen LogP contribution in [0, 0.1) is 0 Å². The van der Waals surface area contributed by atoms with Crippen molar-refractivity contribution in [3.63, 3.8) is 0 Å². The molecule has 0 aliphatic rings. The second-order valence-corrected chi connectivity index (χ2v) is 4.59. The van der Waals surface area contributed by atoms with E-state index in [2.05, 4.69) is 16.6 Å². The number of carbonyl (C=O) groups excluding carboxylic acids is 2. The predicted molar refractivity (Wildman–Crippen MR) is 78.1 cm³/mol. The summed E-state index contributed by atoms with van der Waals surface area (Å²) in [6.45, 7) is 4.91. The van der Waals surface area contributed by atoms with E-state index < -0.39 is 6.09 Å². The number of rotatable bonds is 7. The summed E-state index contributed by atoms with van der Waals surface area (Å²) in [5.41, 5.74) is 1.07. The van der Waals surface area contributed by atoms with Crippen LogP contribution in [-0.4, -0.2) is 39.3 Å². The fourth-order valence-electron chi connectivity index (χ4n) is 1.75. The van der Waals surface area contributed by atoms with Gasteiger partial charge in [-0.2, -0.15) is 0 Å². The first-order valence-corrected chi connectivity index (χ1v) is 6.57. The number of quaternary nitrogens is 1. The molecule has 1 rings (SSSR count). The first-order valence-electron chi connectivity index (χ1n) is 6.57. The molecular formula is C15H21N2O4+. The Morgan fingerprint density at radius 2 is 2.00 bits per heavy atom. The van der Waals surface area contributed by atoms with E-state index in [0.717, 1.165) is 16.2 Å². The number of amides is 2. The summed E-state index contributed by atoms with van der Waals surface area (Å²) in [6.07, 6.45) is 0.947. The van der Waals surface area contributed by atoms with Crippen LogP contribution in [0.15, 0.2) is 36.9 Å². The minimum Gasteiger partial charge on any atom is -0.490 e. The first kappa shape index (κ1) is 16.7. The third kappa shape index (κ3) is 6.58. The molecule has 0 fully saturated rings. The summed E-state index contributed by atoms with van der Waals surface area (Å²) < 4.78 is 9.76. The number of imide groups is 1. The third-order valence-corrected chi connectivity index (χ3v) is 2.69. The average molecular weight is 293 g/mol. The molecule has 0 saturated carbocycles. The quantitative estimate of drug-likeness (QED) is 0.702. The van der Waals surface area contributed by atoms with Crippen LogP contribution in [0.3, 0.4) is 0 Å². The molecule has 21 heavy (non-hydrogen) atoms. The van der Waals surface area contributed by atoms with Crippen LogP contribution in [0.1, 0.15) is 5.56 Å². The SMILES string of the molecule is C=CCOc1ccc(C[NH+](C)CC(=O)NC(=O)OC)cc1. The maximum absolute atomic E-state index is 11.5. The van der Waals surface area contributed by atoms with Crippen LogP contribution in [-0.2, 0) is 16.1 Å². The molecule has 1 atom stereocenters. The van der Waals surface area contributed by atoms with Crippen LogP contribution in [0.2, 0.25) is 0 Å². The van der Waals surface area contributed by atoms with Gasteiger partial charge in [0, 0.05) is 5.56 Å². The van der Waals surface area contributed by atoms with Gasteiger partial charge in [0.2, 0.25) is 0 Å². The zero-order chi connectivity index (χ0) is 15.7. The van der Waals surface area contributed by atoms with Crippen LogP contribution in [0.4, 0.5) is 4.79 Å². The van der Waals surface area contributed by atoms with Crippen molar-refractivity contribution in [1.29, 1.82) is 0 Å². The number of nitrogens with one attached hydrogen (secondary N) is 2. The molecule has 2 N–H and O–H groups in total. The van der Waals surface area contributed by atoms with E-state index in [0.29, 0.717) is 13.2 Å². The summed E-state index contributed by atoms with van der Waals surface area (Å²) >= 11 is 0. The topological polar surface area (TPSA) is 69.1 Å². The lowest BCUT2D eigenvalue weighted by molar-refractivity contribution is -0.885. The van der Waals surface area contributed by atoms with Crippen molar-refractivity contribution in [2.75, 3.05) is 27.3 Å². The Bertz CT molecular complexity index is 485. The van der Waals surface area contributed by atoms with Crippen molar-refractivity contribution in [2.24, 2.45) is 0 Å². The van der Waals surface area contributed by atoms with Gasteiger partial charge in [0.1, 0.15) is 18.9 Å². The number of hydrogen-bond acceptors (Lipinski definition) is 4. The minimum atomic E-state index is -0.739. The van der Waals surface area contributed by atoms with Gasteiger partial charge in [-0.15, -0.1) is 0 Å². The lowest BCUT2D eigenvalue weighted by Crippen LogP contribution is -3.08.